The molecular weight excluding hydrogens is 444 g/mol. The number of fused-ring (bicyclic) bond motifs is 1. The third kappa shape index (κ3) is 4.59. The lowest BCUT2D eigenvalue weighted by Crippen LogP contribution is -1.92. The van der Waals surface area contributed by atoms with Crippen LogP contribution in [0.5, 0.6) is 0 Å². The predicted molar refractivity (Wildman–Crippen MR) is 160 cm³/mol. The van der Waals surface area contributed by atoms with E-state index >= 15 is 0 Å². The minimum Gasteiger partial charge on any atom is -0.0622 e. The number of benzene rings is 6. The van der Waals surface area contributed by atoms with Crippen molar-refractivity contribution in [2.75, 3.05) is 0 Å². The lowest BCUT2D eigenvalue weighted by atomic mass is 9.88. The van der Waals surface area contributed by atoms with Crippen LogP contribution in [0.4, 0.5) is 0 Å². The summed E-state index contributed by atoms with van der Waals surface area (Å²) in [6.45, 7) is 4.55. The molecule has 0 N–H and O–H groups in total. The molecule has 178 valence electrons. The van der Waals surface area contributed by atoms with Gasteiger partial charge in [0.05, 0.1) is 0 Å². The minimum absolute atomic E-state index is 0.480. The standard InChI is InChI=1S/C37H30/c1-26(2)34-21-22-35(37-16-10-9-15-36(34)37)33-24-31(28-13-7-4-8-14-28)23-32(25-33)30-19-17-29(18-20-30)27-11-5-3-6-12-27/h3-26H,1-2H3. The van der Waals surface area contributed by atoms with Crippen molar-refractivity contribution in [1.29, 1.82) is 0 Å². The van der Waals surface area contributed by atoms with Crippen LogP contribution in [-0.2, 0) is 0 Å². The van der Waals surface area contributed by atoms with Gasteiger partial charge in [-0.1, -0.05) is 135 Å². The van der Waals surface area contributed by atoms with Crippen LogP contribution in [-0.4, -0.2) is 0 Å². The van der Waals surface area contributed by atoms with Gasteiger partial charge in [-0.3, -0.25) is 0 Å². The van der Waals surface area contributed by atoms with E-state index in [9.17, 15) is 0 Å². The molecule has 0 atom stereocenters. The second kappa shape index (κ2) is 9.91. The summed E-state index contributed by atoms with van der Waals surface area (Å²) in [6.07, 6.45) is 0. The van der Waals surface area contributed by atoms with Crippen LogP contribution in [0.1, 0.15) is 25.3 Å². The van der Waals surface area contributed by atoms with Crippen molar-refractivity contribution in [3.05, 3.63) is 145 Å². The molecule has 0 radical (unpaired) electrons. The van der Waals surface area contributed by atoms with Gasteiger partial charge in [0, 0.05) is 0 Å². The van der Waals surface area contributed by atoms with Crippen LogP contribution in [0.15, 0.2) is 140 Å². The average molecular weight is 475 g/mol. The highest BCUT2D eigenvalue weighted by Crippen LogP contribution is 2.38. The molecule has 0 heterocycles. The van der Waals surface area contributed by atoms with Crippen molar-refractivity contribution in [3.63, 3.8) is 0 Å². The van der Waals surface area contributed by atoms with Gasteiger partial charge in [-0.2, -0.15) is 0 Å². The SMILES string of the molecule is CC(C)c1ccc(-c2cc(-c3ccccc3)cc(-c3ccc(-c4ccccc4)cc3)c2)c2ccccc12. The average Bonchev–Trinajstić information content (AvgIpc) is 2.97. The maximum absolute atomic E-state index is 2.35. The Labute approximate surface area is 219 Å². The van der Waals surface area contributed by atoms with Crippen LogP contribution in [0.25, 0.3) is 55.3 Å². The second-order valence-electron chi connectivity index (χ2n) is 10.0. The van der Waals surface area contributed by atoms with Gasteiger partial charge in [0.1, 0.15) is 0 Å². The molecule has 0 saturated carbocycles. The molecule has 0 nitrogen and oxygen atoms in total. The molecule has 0 fully saturated rings. The summed E-state index contributed by atoms with van der Waals surface area (Å²) in [5.74, 6) is 0.480. The van der Waals surface area contributed by atoms with E-state index in [0.29, 0.717) is 5.92 Å². The molecule has 6 rings (SSSR count). The van der Waals surface area contributed by atoms with Crippen molar-refractivity contribution in [2.45, 2.75) is 19.8 Å². The van der Waals surface area contributed by atoms with Gasteiger partial charge in [-0.25, -0.2) is 0 Å². The Balaban J connectivity index is 1.52. The lowest BCUT2D eigenvalue weighted by molar-refractivity contribution is 0.876. The molecule has 37 heavy (non-hydrogen) atoms. The Bertz CT molecular complexity index is 1660. The van der Waals surface area contributed by atoms with Crippen LogP contribution in [0, 0.1) is 0 Å². The van der Waals surface area contributed by atoms with Gasteiger partial charge in [0.25, 0.3) is 0 Å². The first-order chi connectivity index (χ1) is 18.2. The molecule has 0 aliphatic rings. The molecule has 0 aliphatic heterocycles. The number of rotatable bonds is 5. The monoisotopic (exact) mass is 474 g/mol. The maximum Gasteiger partial charge on any atom is -0.0103 e. The van der Waals surface area contributed by atoms with Gasteiger partial charge < -0.3 is 0 Å². The molecule has 6 aromatic rings. The molecule has 0 aromatic heterocycles. The largest absolute Gasteiger partial charge is 0.0622 e. The molecule has 0 heteroatoms. The summed E-state index contributed by atoms with van der Waals surface area (Å²) < 4.78 is 0. The number of hydrogen-bond donors (Lipinski definition) is 0. The highest BCUT2D eigenvalue weighted by atomic mass is 14.2. The zero-order valence-corrected chi connectivity index (χ0v) is 21.4. The summed E-state index contributed by atoms with van der Waals surface area (Å²) in [5, 5.41) is 2.65. The van der Waals surface area contributed by atoms with Crippen molar-refractivity contribution < 1.29 is 0 Å². The Hall–Kier alpha value is -4.42. The Morgan fingerprint density at radius 1 is 0.351 bits per heavy atom. The van der Waals surface area contributed by atoms with E-state index in [4.69, 9.17) is 0 Å². The van der Waals surface area contributed by atoms with Crippen LogP contribution >= 0.6 is 0 Å². The van der Waals surface area contributed by atoms with E-state index in [2.05, 4.69) is 153 Å². The van der Waals surface area contributed by atoms with E-state index in [0.717, 1.165) is 0 Å². The van der Waals surface area contributed by atoms with E-state index < -0.39 is 0 Å². The number of hydrogen-bond acceptors (Lipinski definition) is 0. The smallest absolute Gasteiger partial charge is 0.0103 e. The van der Waals surface area contributed by atoms with Crippen molar-refractivity contribution in [2.24, 2.45) is 0 Å². The van der Waals surface area contributed by atoms with E-state index in [-0.39, 0.29) is 0 Å². The minimum atomic E-state index is 0.480. The Kier molecular flexibility index (Phi) is 6.16. The van der Waals surface area contributed by atoms with Crippen molar-refractivity contribution >= 4 is 10.8 Å². The molecule has 6 aromatic carbocycles. The van der Waals surface area contributed by atoms with E-state index in [1.807, 2.05) is 0 Å². The molecular formula is C37H30. The highest BCUT2D eigenvalue weighted by Gasteiger charge is 2.13. The van der Waals surface area contributed by atoms with Gasteiger partial charge in [-0.05, 0) is 85.0 Å². The quantitative estimate of drug-likeness (QED) is 0.233. The Morgan fingerprint density at radius 3 is 1.35 bits per heavy atom. The predicted octanol–water partition coefficient (Wildman–Crippen LogP) is 10.6. The van der Waals surface area contributed by atoms with Gasteiger partial charge in [-0.15, -0.1) is 0 Å². The zero-order chi connectivity index (χ0) is 25.2. The summed E-state index contributed by atoms with van der Waals surface area (Å²) in [4.78, 5) is 0. The zero-order valence-electron chi connectivity index (χ0n) is 21.4. The summed E-state index contributed by atoms with van der Waals surface area (Å²) in [5.41, 5.74) is 11.3. The lowest BCUT2D eigenvalue weighted by Gasteiger charge is -2.16. The maximum atomic E-state index is 2.35. The first-order valence-corrected chi connectivity index (χ1v) is 13.1. The van der Waals surface area contributed by atoms with Crippen LogP contribution in [0.2, 0.25) is 0 Å². The summed E-state index contributed by atoms with van der Waals surface area (Å²) in [6, 6.07) is 50.7. The third-order valence-electron chi connectivity index (χ3n) is 7.26. The van der Waals surface area contributed by atoms with Crippen LogP contribution in [0.3, 0.4) is 0 Å². The fourth-order valence-electron chi connectivity index (χ4n) is 5.31. The molecule has 0 bridgehead atoms. The fraction of sp³-hybridized carbons (Fsp3) is 0.0811. The molecule has 0 spiro atoms. The topological polar surface area (TPSA) is 0 Å². The fourth-order valence-corrected chi connectivity index (χ4v) is 5.31. The van der Waals surface area contributed by atoms with Crippen LogP contribution < -0.4 is 0 Å². The van der Waals surface area contributed by atoms with Gasteiger partial charge in [0.2, 0.25) is 0 Å². The molecule has 0 saturated heterocycles. The molecule has 0 aliphatic carbocycles. The van der Waals surface area contributed by atoms with E-state index in [1.54, 1.807) is 0 Å². The first kappa shape index (κ1) is 23.0. The summed E-state index contributed by atoms with van der Waals surface area (Å²) >= 11 is 0. The highest BCUT2D eigenvalue weighted by molar-refractivity contribution is 6.00. The Morgan fingerprint density at radius 2 is 0.784 bits per heavy atom. The molecule has 0 amide bonds. The third-order valence-corrected chi connectivity index (χ3v) is 7.26. The second-order valence-corrected chi connectivity index (χ2v) is 10.0. The summed E-state index contributed by atoms with van der Waals surface area (Å²) in [7, 11) is 0. The van der Waals surface area contributed by atoms with Crippen molar-refractivity contribution in [3.8, 4) is 44.5 Å². The van der Waals surface area contributed by atoms with Gasteiger partial charge >= 0.3 is 0 Å². The molecule has 0 unspecified atom stereocenters. The normalized spacial score (nSPS) is 11.2. The van der Waals surface area contributed by atoms with Gasteiger partial charge in [0.15, 0.2) is 0 Å². The first-order valence-electron chi connectivity index (χ1n) is 13.1. The van der Waals surface area contributed by atoms with Crippen molar-refractivity contribution in [1.82, 2.24) is 0 Å². The van der Waals surface area contributed by atoms with E-state index in [1.165, 1.54) is 60.8 Å².